The summed E-state index contributed by atoms with van der Waals surface area (Å²) in [6.45, 7) is 0.430. The molecule has 0 saturated heterocycles. The van der Waals surface area contributed by atoms with Crippen molar-refractivity contribution in [1.29, 1.82) is 5.26 Å². The van der Waals surface area contributed by atoms with E-state index in [1.807, 2.05) is 0 Å². The summed E-state index contributed by atoms with van der Waals surface area (Å²) in [5.74, 6) is -0.259. The van der Waals surface area contributed by atoms with Crippen LogP contribution in [-0.4, -0.2) is 17.7 Å². The molecule has 2 aromatic rings. The lowest BCUT2D eigenvalue weighted by molar-refractivity contribution is -0.137. The Labute approximate surface area is 126 Å². The molecule has 1 heterocycles. The highest BCUT2D eigenvalue weighted by Gasteiger charge is 2.09. The standard InChI is InChI=1S/C16H15NO5/c17-10-11-9-12-13(5-4-6-14(12)22-16(11)20)21-8-3-1-2-7-15(18)19/h4-6,9H,1-3,7-8H2,(H,18,19). The highest BCUT2D eigenvalue weighted by molar-refractivity contribution is 5.84. The lowest BCUT2D eigenvalue weighted by Crippen LogP contribution is -2.04. The molecule has 1 aromatic carbocycles. The van der Waals surface area contributed by atoms with Gasteiger partial charge in [0.2, 0.25) is 0 Å². The van der Waals surface area contributed by atoms with E-state index in [0.29, 0.717) is 29.7 Å². The van der Waals surface area contributed by atoms with Gasteiger partial charge in [0.1, 0.15) is 23.0 Å². The van der Waals surface area contributed by atoms with Crippen molar-refractivity contribution in [1.82, 2.24) is 0 Å². The lowest BCUT2D eigenvalue weighted by atomic mass is 10.1. The van der Waals surface area contributed by atoms with Gasteiger partial charge in [-0.05, 0) is 37.5 Å². The van der Waals surface area contributed by atoms with Crippen molar-refractivity contribution in [2.75, 3.05) is 6.61 Å². The fraction of sp³-hybridized carbons (Fsp3) is 0.312. The Balaban J connectivity index is 2.04. The van der Waals surface area contributed by atoms with Crippen LogP contribution in [0.4, 0.5) is 0 Å². The number of ether oxygens (including phenoxy) is 1. The molecule has 6 nitrogen and oxygen atoms in total. The number of benzene rings is 1. The van der Waals surface area contributed by atoms with Gasteiger partial charge in [-0.25, -0.2) is 4.79 Å². The van der Waals surface area contributed by atoms with Gasteiger partial charge in [0.25, 0.3) is 0 Å². The number of fused-ring (bicyclic) bond motifs is 1. The first-order valence-electron chi connectivity index (χ1n) is 6.93. The number of nitriles is 1. The summed E-state index contributed by atoms with van der Waals surface area (Å²) in [6, 6.07) is 8.33. The molecule has 0 aliphatic rings. The molecule has 6 heteroatoms. The van der Waals surface area contributed by atoms with Crippen LogP contribution >= 0.6 is 0 Å². The van der Waals surface area contributed by atoms with Crippen molar-refractivity contribution < 1.29 is 19.1 Å². The normalized spacial score (nSPS) is 10.3. The molecule has 0 amide bonds. The van der Waals surface area contributed by atoms with E-state index < -0.39 is 11.6 Å². The Morgan fingerprint density at radius 1 is 1.32 bits per heavy atom. The predicted molar refractivity (Wildman–Crippen MR) is 78.8 cm³/mol. The third-order valence-corrected chi connectivity index (χ3v) is 3.15. The van der Waals surface area contributed by atoms with Crippen molar-refractivity contribution in [3.63, 3.8) is 0 Å². The highest BCUT2D eigenvalue weighted by atomic mass is 16.5. The van der Waals surface area contributed by atoms with E-state index >= 15 is 0 Å². The number of nitrogens with zero attached hydrogens (tertiary/aromatic N) is 1. The predicted octanol–water partition coefficient (Wildman–Crippen LogP) is 2.69. The van der Waals surface area contributed by atoms with Crippen LogP contribution < -0.4 is 10.4 Å². The minimum Gasteiger partial charge on any atom is -0.493 e. The molecule has 22 heavy (non-hydrogen) atoms. The molecule has 0 atom stereocenters. The Morgan fingerprint density at radius 3 is 2.86 bits per heavy atom. The van der Waals surface area contributed by atoms with Crippen LogP contribution in [0.15, 0.2) is 33.5 Å². The van der Waals surface area contributed by atoms with Gasteiger partial charge in [0.15, 0.2) is 0 Å². The number of rotatable bonds is 7. The second-order valence-electron chi connectivity index (χ2n) is 4.78. The molecule has 1 N–H and O–H groups in total. The molecule has 0 saturated carbocycles. The van der Waals surface area contributed by atoms with E-state index in [2.05, 4.69) is 0 Å². The summed E-state index contributed by atoms with van der Waals surface area (Å²) in [5, 5.41) is 18.0. The van der Waals surface area contributed by atoms with E-state index in [-0.39, 0.29) is 12.0 Å². The average molecular weight is 301 g/mol. The van der Waals surface area contributed by atoms with Crippen molar-refractivity contribution >= 4 is 16.9 Å². The maximum Gasteiger partial charge on any atom is 0.354 e. The van der Waals surface area contributed by atoms with Gasteiger partial charge >= 0.3 is 11.6 Å². The second-order valence-corrected chi connectivity index (χ2v) is 4.78. The van der Waals surface area contributed by atoms with Gasteiger partial charge in [0.05, 0.1) is 12.0 Å². The number of unbranched alkanes of at least 4 members (excludes halogenated alkanes) is 2. The first-order valence-corrected chi connectivity index (χ1v) is 6.93. The van der Waals surface area contributed by atoms with E-state index in [9.17, 15) is 9.59 Å². The Hall–Kier alpha value is -2.81. The van der Waals surface area contributed by atoms with Crippen LogP contribution in [0, 0.1) is 11.3 Å². The zero-order valence-electron chi connectivity index (χ0n) is 11.9. The van der Waals surface area contributed by atoms with Crippen LogP contribution in [0.2, 0.25) is 0 Å². The minimum atomic E-state index is -0.797. The first kappa shape index (κ1) is 15.6. The van der Waals surface area contributed by atoms with Crippen LogP contribution in [0.3, 0.4) is 0 Å². The molecule has 0 radical (unpaired) electrons. The molecule has 114 valence electrons. The molecule has 2 rings (SSSR count). The van der Waals surface area contributed by atoms with Crippen molar-refractivity contribution in [3.05, 3.63) is 40.2 Å². The Morgan fingerprint density at radius 2 is 2.14 bits per heavy atom. The third kappa shape index (κ3) is 3.85. The zero-order chi connectivity index (χ0) is 15.9. The number of carboxylic acids is 1. The average Bonchev–Trinajstić information content (AvgIpc) is 2.49. The minimum absolute atomic E-state index is 0.0648. The summed E-state index contributed by atoms with van der Waals surface area (Å²) in [6.07, 6.45) is 2.26. The molecule has 0 bridgehead atoms. The van der Waals surface area contributed by atoms with Gasteiger partial charge in [-0.1, -0.05) is 6.07 Å². The van der Waals surface area contributed by atoms with Crippen LogP contribution in [0.5, 0.6) is 5.75 Å². The monoisotopic (exact) mass is 301 g/mol. The quantitative estimate of drug-likeness (QED) is 0.623. The number of carboxylic acid groups (broad SMARTS) is 1. The summed E-state index contributed by atoms with van der Waals surface area (Å²) in [7, 11) is 0. The summed E-state index contributed by atoms with van der Waals surface area (Å²) >= 11 is 0. The number of aliphatic carboxylic acids is 1. The molecular weight excluding hydrogens is 286 g/mol. The van der Waals surface area contributed by atoms with Gasteiger partial charge < -0.3 is 14.3 Å². The third-order valence-electron chi connectivity index (χ3n) is 3.15. The maximum absolute atomic E-state index is 11.5. The lowest BCUT2D eigenvalue weighted by Gasteiger charge is -2.08. The highest BCUT2D eigenvalue weighted by Crippen LogP contribution is 2.25. The molecule has 0 spiro atoms. The summed E-state index contributed by atoms with van der Waals surface area (Å²) in [4.78, 5) is 21.9. The summed E-state index contributed by atoms with van der Waals surface area (Å²) in [5.41, 5.74) is -0.363. The van der Waals surface area contributed by atoms with Gasteiger partial charge in [-0.3, -0.25) is 4.79 Å². The van der Waals surface area contributed by atoms with Gasteiger partial charge in [-0.2, -0.15) is 5.26 Å². The SMILES string of the molecule is N#Cc1cc2c(OCCCCCC(=O)O)cccc2oc1=O. The fourth-order valence-corrected chi connectivity index (χ4v) is 2.05. The van der Waals surface area contributed by atoms with Crippen LogP contribution in [0.25, 0.3) is 11.0 Å². The van der Waals surface area contributed by atoms with E-state index in [1.54, 1.807) is 24.3 Å². The second kappa shape index (κ2) is 7.27. The topological polar surface area (TPSA) is 101 Å². The van der Waals surface area contributed by atoms with Crippen molar-refractivity contribution in [2.45, 2.75) is 25.7 Å². The number of hydrogen-bond acceptors (Lipinski definition) is 5. The number of carbonyl (C=O) groups is 1. The largest absolute Gasteiger partial charge is 0.493 e. The Kier molecular flexibility index (Phi) is 5.15. The molecule has 0 aliphatic heterocycles. The molecule has 0 aliphatic carbocycles. The van der Waals surface area contributed by atoms with E-state index in [0.717, 1.165) is 12.8 Å². The Bertz CT molecular complexity index is 772. The van der Waals surface area contributed by atoms with Crippen molar-refractivity contribution in [3.8, 4) is 11.8 Å². The number of hydrogen-bond donors (Lipinski definition) is 1. The maximum atomic E-state index is 11.5. The molecular formula is C16H15NO5. The van der Waals surface area contributed by atoms with Crippen LogP contribution in [0.1, 0.15) is 31.2 Å². The first-order chi connectivity index (χ1) is 10.6. The van der Waals surface area contributed by atoms with Crippen molar-refractivity contribution in [2.24, 2.45) is 0 Å². The molecule has 0 unspecified atom stereocenters. The summed E-state index contributed by atoms with van der Waals surface area (Å²) < 4.78 is 10.7. The van der Waals surface area contributed by atoms with Gasteiger partial charge in [-0.15, -0.1) is 0 Å². The molecule has 0 fully saturated rings. The molecule has 1 aromatic heterocycles. The van der Waals surface area contributed by atoms with E-state index in [1.165, 1.54) is 6.07 Å². The fourth-order valence-electron chi connectivity index (χ4n) is 2.05. The smallest absolute Gasteiger partial charge is 0.354 e. The van der Waals surface area contributed by atoms with Crippen LogP contribution in [-0.2, 0) is 4.79 Å². The van der Waals surface area contributed by atoms with E-state index in [4.69, 9.17) is 19.5 Å². The zero-order valence-corrected chi connectivity index (χ0v) is 11.9. The van der Waals surface area contributed by atoms with Gasteiger partial charge in [0, 0.05) is 6.42 Å².